The van der Waals surface area contributed by atoms with Gasteiger partial charge in [0.2, 0.25) is 21.9 Å². The minimum absolute atomic E-state index is 0.0720. The number of anilines is 1. The first-order valence-electron chi connectivity index (χ1n) is 14.0. The van der Waals surface area contributed by atoms with Crippen LogP contribution in [0.25, 0.3) is 17.2 Å². The molecule has 0 saturated heterocycles. The van der Waals surface area contributed by atoms with E-state index in [9.17, 15) is 26.3 Å². The van der Waals surface area contributed by atoms with Crippen molar-refractivity contribution in [3.05, 3.63) is 66.0 Å². The summed E-state index contributed by atoms with van der Waals surface area (Å²) in [4.78, 5) is 3.97. The molecule has 4 rings (SSSR count). The van der Waals surface area contributed by atoms with Gasteiger partial charge in [-0.25, -0.2) is 40.5 Å². The molecular formula is C30H38FN5O8S3. The molecule has 2 aromatic carbocycles. The lowest BCUT2D eigenvalue weighted by atomic mass is 10.1. The van der Waals surface area contributed by atoms with Crippen LogP contribution in [0.1, 0.15) is 11.7 Å². The van der Waals surface area contributed by atoms with Gasteiger partial charge in [-0.2, -0.15) is 0 Å². The van der Waals surface area contributed by atoms with E-state index in [1.54, 1.807) is 36.4 Å². The van der Waals surface area contributed by atoms with Crippen LogP contribution in [0.2, 0.25) is 0 Å². The topological polar surface area (TPSA) is 163 Å². The number of hydrogen-bond donors (Lipinski definition) is 1. The molecule has 256 valence electrons. The van der Waals surface area contributed by atoms with E-state index in [0.717, 1.165) is 28.8 Å². The number of nitrogens with zero attached hydrogens (tertiary/aromatic N) is 5. The third-order valence-electron chi connectivity index (χ3n) is 7.00. The molecular weight excluding hydrogens is 674 g/mol. The summed E-state index contributed by atoms with van der Waals surface area (Å²) in [6.07, 6.45) is 5.06. The van der Waals surface area contributed by atoms with E-state index in [4.69, 9.17) is 14.2 Å². The van der Waals surface area contributed by atoms with Crippen molar-refractivity contribution >= 4 is 35.8 Å². The Morgan fingerprint density at radius 2 is 1.53 bits per heavy atom. The Bertz CT molecular complexity index is 1940. The summed E-state index contributed by atoms with van der Waals surface area (Å²) in [6, 6.07) is 12.8. The summed E-state index contributed by atoms with van der Waals surface area (Å²) in [6.45, 7) is -0.0720. The second-order valence-corrected chi connectivity index (χ2v) is 19.9. The Morgan fingerprint density at radius 3 is 2.11 bits per heavy atom. The number of sulfonamides is 1. The Balaban J connectivity index is 1.98. The van der Waals surface area contributed by atoms with Crippen molar-refractivity contribution in [2.75, 3.05) is 68.7 Å². The predicted molar refractivity (Wildman–Crippen MR) is 180 cm³/mol. The van der Waals surface area contributed by atoms with Crippen molar-refractivity contribution in [1.29, 1.82) is 0 Å². The first-order chi connectivity index (χ1) is 22.0. The molecule has 0 aliphatic heterocycles. The Labute approximate surface area is 275 Å². The van der Waals surface area contributed by atoms with E-state index in [2.05, 4.69) is 15.2 Å². The quantitative estimate of drug-likeness (QED) is 0.204. The average molecular weight is 712 g/mol. The fourth-order valence-corrected chi connectivity index (χ4v) is 8.02. The Hall–Kier alpha value is -3.93. The maximum Gasteiger partial charge on any atom is 0.246 e. The van der Waals surface area contributed by atoms with E-state index < -0.39 is 52.5 Å². The summed E-state index contributed by atoms with van der Waals surface area (Å²) < 4.78 is 86.8. The van der Waals surface area contributed by atoms with Crippen LogP contribution in [-0.2, 0) is 19.9 Å². The number of sulfone groups is 1. The highest BCUT2D eigenvalue weighted by Gasteiger charge is 2.35. The molecule has 1 N–H and O–H groups in total. The molecule has 4 aromatic rings. The summed E-state index contributed by atoms with van der Waals surface area (Å²) in [5.74, 6) is -0.532. The van der Waals surface area contributed by atoms with Crippen molar-refractivity contribution in [2.45, 2.75) is 11.0 Å². The molecule has 1 atom stereocenters. The minimum atomic E-state index is -4.51. The zero-order valence-electron chi connectivity index (χ0n) is 27.0. The van der Waals surface area contributed by atoms with Crippen LogP contribution in [0, 0.1) is 5.82 Å². The number of aliphatic hydroxyl groups is 1. The molecule has 47 heavy (non-hydrogen) atoms. The predicted octanol–water partition coefficient (Wildman–Crippen LogP) is 3.46. The molecule has 2 aromatic heterocycles. The van der Waals surface area contributed by atoms with Crippen LogP contribution in [0.3, 0.4) is 0 Å². The second kappa shape index (κ2) is 14.0. The van der Waals surface area contributed by atoms with Gasteiger partial charge in [0, 0.05) is 24.4 Å². The van der Waals surface area contributed by atoms with E-state index in [1.165, 1.54) is 25.9 Å². The van der Waals surface area contributed by atoms with Crippen molar-refractivity contribution in [3.63, 3.8) is 0 Å². The lowest BCUT2D eigenvalue weighted by molar-refractivity contribution is 0.198. The zero-order chi connectivity index (χ0) is 34.7. The lowest BCUT2D eigenvalue weighted by Crippen LogP contribution is -2.39. The van der Waals surface area contributed by atoms with Crippen LogP contribution in [0.5, 0.6) is 17.4 Å². The number of rotatable bonds is 14. The molecule has 0 radical (unpaired) electrons. The van der Waals surface area contributed by atoms with Crippen LogP contribution < -0.4 is 18.5 Å². The van der Waals surface area contributed by atoms with Gasteiger partial charge >= 0.3 is 0 Å². The van der Waals surface area contributed by atoms with Crippen molar-refractivity contribution in [3.8, 4) is 34.6 Å². The molecule has 0 saturated carbocycles. The van der Waals surface area contributed by atoms with Crippen molar-refractivity contribution < 1.29 is 40.5 Å². The van der Waals surface area contributed by atoms with Gasteiger partial charge in [-0.1, -0.05) is 18.2 Å². The Morgan fingerprint density at radius 1 is 0.894 bits per heavy atom. The van der Waals surface area contributed by atoms with Crippen molar-refractivity contribution in [2.24, 2.45) is 0 Å². The highest BCUT2D eigenvalue weighted by molar-refractivity contribution is 8.32. The van der Waals surface area contributed by atoms with Crippen LogP contribution >= 0.6 is 10.0 Å². The van der Waals surface area contributed by atoms with Crippen LogP contribution in [-0.4, -0.2) is 106 Å². The number of aliphatic hydroxyl groups excluding tert-OH is 1. The monoisotopic (exact) mass is 711 g/mol. The van der Waals surface area contributed by atoms with Gasteiger partial charge in [-0.05, 0) is 54.9 Å². The molecule has 0 aliphatic carbocycles. The molecule has 0 fully saturated rings. The van der Waals surface area contributed by atoms with Crippen molar-refractivity contribution in [1.82, 2.24) is 19.7 Å². The summed E-state index contributed by atoms with van der Waals surface area (Å²) >= 11 is 0. The number of halogens is 1. The van der Waals surface area contributed by atoms with Gasteiger partial charge in [-0.15, -0.1) is 10.2 Å². The summed E-state index contributed by atoms with van der Waals surface area (Å²) in [7, 11) is -5.47. The van der Waals surface area contributed by atoms with E-state index in [1.807, 2.05) is 18.8 Å². The third-order valence-corrected chi connectivity index (χ3v) is 11.3. The first kappa shape index (κ1) is 35.9. The number of aromatic nitrogens is 4. The van der Waals surface area contributed by atoms with Crippen LogP contribution in [0.4, 0.5) is 10.3 Å². The number of benzene rings is 2. The normalized spacial score (nSPS) is 13.2. The zero-order valence-corrected chi connectivity index (χ0v) is 29.5. The highest BCUT2D eigenvalue weighted by atomic mass is 32.3. The largest absolute Gasteiger partial charge is 0.494 e. The molecule has 0 unspecified atom stereocenters. The maximum absolute atomic E-state index is 14.4. The summed E-state index contributed by atoms with van der Waals surface area (Å²) in [5.41, 5.74) is 0.311. The minimum Gasteiger partial charge on any atom is -0.494 e. The molecule has 13 nitrogen and oxygen atoms in total. The van der Waals surface area contributed by atoms with Gasteiger partial charge in [0.25, 0.3) is 0 Å². The third kappa shape index (κ3) is 8.14. The fourth-order valence-electron chi connectivity index (χ4n) is 4.72. The standard InChI is InChI=1S/C30H38FN5O8S3/c1-42-24-11-9-12-25(43-2)28(24)36-29(22-10-8-13-27(32-22)44-3)33-34-30(36)35(16-17-45(4,5)6)47(40,41)19-23(37)21-15-14-20(31)18-26(21)46(7,38)39/h8-15,18,23,37H,16-17,19H2,1-7H3/t23-/m1/s1. The second-order valence-electron chi connectivity index (χ2n) is 11.4. The number of para-hydroxylation sites is 1. The molecule has 17 heteroatoms. The Kier molecular flexibility index (Phi) is 10.7. The lowest BCUT2D eigenvalue weighted by Gasteiger charge is -2.31. The van der Waals surface area contributed by atoms with E-state index in [0.29, 0.717) is 22.9 Å². The highest BCUT2D eigenvalue weighted by Crippen LogP contribution is 2.40. The van der Waals surface area contributed by atoms with E-state index >= 15 is 0 Å². The fraction of sp³-hybridized carbons (Fsp3) is 0.367. The molecule has 0 amide bonds. The number of ether oxygens (including phenoxy) is 3. The average Bonchev–Trinajstić information content (AvgIpc) is 3.43. The smallest absolute Gasteiger partial charge is 0.246 e. The number of methoxy groups -OCH3 is 3. The first-order valence-corrected chi connectivity index (χ1v) is 20.6. The van der Waals surface area contributed by atoms with Gasteiger partial charge < -0.3 is 19.3 Å². The molecule has 0 aliphatic rings. The van der Waals surface area contributed by atoms with Gasteiger partial charge in [0.1, 0.15) is 28.7 Å². The van der Waals surface area contributed by atoms with Gasteiger partial charge in [0.15, 0.2) is 15.7 Å². The van der Waals surface area contributed by atoms with Gasteiger partial charge in [-0.3, -0.25) is 4.57 Å². The van der Waals surface area contributed by atoms with Gasteiger partial charge in [0.05, 0.1) is 38.1 Å². The number of pyridine rings is 1. The SMILES string of the molecule is COc1cccc(-c2nnc(N(CCS(C)(C)C)S(=O)(=O)C[C@@H](O)c3ccc(F)cc3S(C)(=O)=O)n2-c2c(OC)cccc2OC)n1. The molecule has 0 spiro atoms. The van der Waals surface area contributed by atoms with Crippen LogP contribution in [0.15, 0.2) is 59.5 Å². The molecule has 2 heterocycles. The maximum atomic E-state index is 14.4. The summed E-state index contributed by atoms with van der Waals surface area (Å²) in [5, 5.41) is 19.9. The van der Waals surface area contributed by atoms with E-state index in [-0.39, 0.29) is 35.4 Å². The molecule has 0 bridgehead atoms. The number of hydrogen-bond acceptors (Lipinski definition) is 11.